The summed E-state index contributed by atoms with van der Waals surface area (Å²) in [5, 5.41) is 5.37. The van der Waals surface area contributed by atoms with Crippen molar-refractivity contribution >= 4 is 17.7 Å². The van der Waals surface area contributed by atoms with E-state index in [4.69, 9.17) is 5.73 Å². The topological polar surface area (TPSA) is 101 Å². The molecule has 0 aromatic rings. The summed E-state index contributed by atoms with van der Waals surface area (Å²) in [7, 11) is 0. The van der Waals surface area contributed by atoms with Crippen LogP contribution in [0.3, 0.4) is 0 Å². The fourth-order valence-corrected chi connectivity index (χ4v) is 2.89. The SMILES string of the molecule is CC(=O)N[C@@H](C(=O)N[C@H](C(N)=O)C1CCCCC1)C(C)C. The Hall–Kier alpha value is -1.59. The molecule has 2 atom stereocenters. The third-order valence-corrected chi connectivity index (χ3v) is 4.03. The molecule has 6 heteroatoms. The highest BCUT2D eigenvalue weighted by Crippen LogP contribution is 2.26. The van der Waals surface area contributed by atoms with Gasteiger partial charge in [-0.3, -0.25) is 14.4 Å². The lowest BCUT2D eigenvalue weighted by Crippen LogP contribution is -2.56. The molecule has 120 valence electrons. The molecule has 1 saturated carbocycles. The highest BCUT2D eigenvalue weighted by molar-refractivity contribution is 5.91. The summed E-state index contributed by atoms with van der Waals surface area (Å²) in [5.41, 5.74) is 5.45. The van der Waals surface area contributed by atoms with Crippen LogP contribution in [0.4, 0.5) is 0 Å². The molecule has 0 aliphatic heterocycles. The standard InChI is InChI=1S/C15H27N3O3/c1-9(2)12(17-10(3)19)15(21)18-13(14(16)20)11-7-5-4-6-8-11/h9,11-13H,4-8H2,1-3H3,(H2,16,20)(H,17,19)(H,18,21)/t12-,13+/m1/s1. The van der Waals surface area contributed by atoms with Gasteiger partial charge >= 0.3 is 0 Å². The second-order valence-electron chi connectivity index (χ2n) is 6.21. The quantitative estimate of drug-likeness (QED) is 0.672. The van der Waals surface area contributed by atoms with Crippen molar-refractivity contribution in [1.29, 1.82) is 0 Å². The van der Waals surface area contributed by atoms with E-state index < -0.39 is 18.0 Å². The van der Waals surface area contributed by atoms with Crippen molar-refractivity contribution in [2.75, 3.05) is 0 Å². The molecular formula is C15H27N3O3. The predicted molar refractivity (Wildman–Crippen MR) is 80.1 cm³/mol. The van der Waals surface area contributed by atoms with Gasteiger partial charge in [0.15, 0.2) is 0 Å². The zero-order valence-corrected chi connectivity index (χ0v) is 13.1. The van der Waals surface area contributed by atoms with Gasteiger partial charge in [-0.2, -0.15) is 0 Å². The smallest absolute Gasteiger partial charge is 0.243 e. The van der Waals surface area contributed by atoms with Gasteiger partial charge in [-0.1, -0.05) is 33.1 Å². The number of carbonyl (C=O) groups excluding carboxylic acids is 3. The minimum absolute atomic E-state index is 0.0613. The number of nitrogens with one attached hydrogen (secondary N) is 2. The van der Waals surface area contributed by atoms with Crippen LogP contribution in [0.2, 0.25) is 0 Å². The molecule has 0 radical (unpaired) electrons. The first kappa shape index (κ1) is 17.5. The van der Waals surface area contributed by atoms with E-state index in [0.29, 0.717) is 0 Å². The molecule has 1 rings (SSSR count). The van der Waals surface area contributed by atoms with Gasteiger partial charge in [0.2, 0.25) is 17.7 Å². The highest BCUT2D eigenvalue weighted by Gasteiger charge is 2.32. The summed E-state index contributed by atoms with van der Waals surface area (Å²) in [5.74, 6) is -1.06. The zero-order chi connectivity index (χ0) is 16.0. The van der Waals surface area contributed by atoms with Crippen molar-refractivity contribution in [3.8, 4) is 0 Å². The Bertz CT molecular complexity index is 390. The summed E-state index contributed by atoms with van der Waals surface area (Å²) in [6.07, 6.45) is 5.09. The molecule has 0 aromatic carbocycles. The average molecular weight is 297 g/mol. The van der Waals surface area contributed by atoms with E-state index in [2.05, 4.69) is 10.6 Å². The van der Waals surface area contributed by atoms with Crippen LogP contribution in [0, 0.1) is 11.8 Å². The summed E-state index contributed by atoms with van der Waals surface area (Å²) < 4.78 is 0. The van der Waals surface area contributed by atoms with E-state index in [0.717, 1.165) is 32.1 Å². The van der Waals surface area contributed by atoms with Gasteiger partial charge in [-0.05, 0) is 24.7 Å². The lowest BCUT2D eigenvalue weighted by atomic mass is 9.83. The monoisotopic (exact) mass is 297 g/mol. The van der Waals surface area contributed by atoms with Crippen LogP contribution in [-0.2, 0) is 14.4 Å². The molecular weight excluding hydrogens is 270 g/mol. The van der Waals surface area contributed by atoms with E-state index in [1.54, 1.807) is 0 Å². The molecule has 0 bridgehead atoms. The molecule has 0 spiro atoms. The van der Waals surface area contributed by atoms with Gasteiger partial charge in [-0.25, -0.2) is 0 Å². The molecule has 0 unspecified atom stereocenters. The molecule has 1 aliphatic rings. The van der Waals surface area contributed by atoms with Crippen LogP contribution in [0.5, 0.6) is 0 Å². The van der Waals surface area contributed by atoms with Crippen LogP contribution >= 0.6 is 0 Å². The number of carbonyl (C=O) groups is 3. The number of amides is 3. The normalized spacial score (nSPS) is 18.9. The Balaban J connectivity index is 2.74. The van der Waals surface area contributed by atoms with Gasteiger partial charge in [0.25, 0.3) is 0 Å². The van der Waals surface area contributed by atoms with Crippen molar-refractivity contribution < 1.29 is 14.4 Å². The summed E-state index contributed by atoms with van der Waals surface area (Å²) in [6.45, 7) is 5.06. The van der Waals surface area contributed by atoms with Crippen LogP contribution < -0.4 is 16.4 Å². The predicted octanol–water partition coefficient (Wildman–Crippen LogP) is 0.697. The molecule has 4 N–H and O–H groups in total. The van der Waals surface area contributed by atoms with E-state index in [-0.39, 0.29) is 23.7 Å². The van der Waals surface area contributed by atoms with E-state index in [9.17, 15) is 14.4 Å². The molecule has 0 heterocycles. The fourth-order valence-electron chi connectivity index (χ4n) is 2.89. The molecule has 3 amide bonds. The number of primary amides is 1. The van der Waals surface area contributed by atoms with Crippen molar-refractivity contribution in [3.63, 3.8) is 0 Å². The Morgan fingerprint density at radius 3 is 2.05 bits per heavy atom. The zero-order valence-electron chi connectivity index (χ0n) is 13.1. The van der Waals surface area contributed by atoms with Gasteiger partial charge in [0, 0.05) is 6.92 Å². The van der Waals surface area contributed by atoms with Crippen LogP contribution in [-0.4, -0.2) is 29.8 Å². The maximum Gasteiger partial charge on any atom is 0.243 e. The second-order valence-corrected chi connectivity index (χ2v) is 6.21. The lowest BCUT2D eigenvalue weighted by molar-refractivity contribution is -0.132. The Labute approximate surface area is 126 Å². The molecule has 6 nitrogen and oxygen atoms in total. The number of hydrogen-bond acceptors (Lipinski definition) is 3. The lowest BCUT2D eigenvalue weighted by Gasteiger charge is -2.30. The van der Waals surface area contributed by atoms with Gasteiger partial charge < -0.3 is 16.4 Å². The second kappa shape index (κ2) is 8.00. The minimum atomic E-state index is -0.646. The Morgan fingerprint density at radius 2 is 1.62 bits per heavy atom. The van der Waals surface area contributed by atoms with Gasteiger partial charge in [-0.15, -0.1) is 0 Å². The van der Waals surface area contributed by atoms with E-state index in [1.165, 1.54) is 6.92 Å². The number of rotatable bonds is 6. The highest BCUT2D eigenvalue weighted by atomic mass is 16.2. The van der Waals surface area contributed by atoms with Crippen LogP contribution in [0.25, 0.3) is 0 Å². The molecule has 1 aliphatic carbocycles. The summed E-state index contributed by atoms with van der Waals surface area (Å²) in [6, 6.07) is -1.29. The first-order valence-electron chi connectivity index (χ1n) is 7.69. The molecule has 0 aromatic heterocycles. The summed E-state index contributed by atoms with van der Waals surface area (Å²) >= 11 is 0. The third-order valence-electron chi connectivity index (χ3n) is 4.03. The summed E-state index contributed by atoms with van der Waals surface area (Å²) in [4.78, 5) is 35.2. The maximum absolute atomic E-state index is 12.3. The van der Waals surface area contributed by atoms with Crippen molar-refractivity contribution in [2.45, 2.75) is 65.0 Å². The Kier molecular flexibility index (Phi) is 6.65. The van der Waals surface area contributed by atoms with E-state index in [1.807, 2.05) is 13.8 Å². The maximum atomic E-state index is 12.3. The van der Waals surface area contributed by atoms with Gasteiger partial charge in [0.05, 0.1) is 0 Å². The first-order valence-corrected chi connectivity index (χ1v) is 7.69. The average Bonchev–Trinajstić information content (AvgIpc) is 2.42. The largest absolute Gasteiger partial charge is 0.368 e. The minimum Gasteiger partial charge on any atom is -0.368 e. The van der Waals surface area contributed by atoms with Crippen molar-refractivity contribution in [1.82, 2.24) is 10.6 Å². The molecule has 1 fully saturated rings. The fraction of sp³-hybridized carbons (Fsp3) is 0.800. The first-order chi connectivity index (χ1) is 9.82. The van der Waals surface area contributed by atoms with Crippen molar-refractivity contribution in [3.05, 3.63) is 0 Å². The van der Waals surface area contributed by atoms with Crippen LogP contribution in [0.15, 0.2) is 0 Å². The van der Waals surface area contributed by atoms with Crippen LogP contribution in [0.1, 0.15) is 52.9 Å². The van der Waals surface area contributed by atoms with Gasteiger partial charge in [0.1, 0.15) is 12.1 Å². The van der Waals surface area contributed by atoms with E-state index >= 15 is 0 Å². The molecule has 21 heavy (non-hydrogen) atoms. The Morgan fingerprint density at radius 1 is 1.05 bits per heavy atom. The number of nitrogens with two attached hydrogens (primary N) is 1. The van der Waals surface area contributed by atoms with Crippen molar-refractivity contribution in [2.24, 2.45) is 17.6 Å². The number of hydrogen-bond donors (Lipinski definition) is 3. The molecule has 0 saturated heterocycles. The third kappa shape index (κ3) is 5.36.